The Kier molecular flexibility index (Phi) is 5.41. The van der Waals surface area contributed by atoms with Gasteiger partial charge in [-0.25, -0.2) is 0 Å². The van der Waals surface area contributed by atoms with Crippen LogP contribution in [0.25, 0.3) is 0 Å². The van der Waals surface area contributed by atoms with E-state index in [1.165, 1.54) is 30.4 Å². The van der Waals surface area contributed by atoms with Crippen molar-refractivity contribution in [3.8, 4) is 0 Å². The van der Waals surface area contributed by atoms with Crippen molar-refractivity contribution in [3.63, 3.8) is 0 Å². The molecule has 164 valence electrons. The molecule has 1 saturated heterocycles. The third-order valence-corrected chi connectivity index (χ3v) is 8.28. The molecule has 6 rings (SSSR count). The second kappa shape index (κ2) is 7.92. The van der Waals surface area contributed by atoms with Crippen LogP contribution >= 0.6 is 0 Å². The number of β-amino-alcohol motifs (C(OH)–C–C–N with tert-alkyl or cyclic N) is 1. The highest BCUT2D eigenvalue weighted by Gasteiger charge is 2.60. The average molecular weight is 413 g/mol. The predicted octanol–water partition coefficient (Wildman–Crippen LogP) is 2.64. The fourth-order valence-electron chi connectivity index (χ4n) is 7.32. The molecule has 1 amide bonds. The number of rotatable bonds is 6. The molecule has 2 N–H and O–H groups in total. The van der Waals surface area contributed by atoms with Crippen molar-refractivity contribution < 1.29 is 14.6 Å². The van der Waals surface area contributed by atoms with Gasteiger partial charge in [0, 0.05) is 26.2 Å². The van der Waals surface area contributed by atoms with E-state index in [1.54, 1.807) is 0 Å². The van der Waals surface area contributed by atoms with E-state index in [9.17, 15) is 9.90 Å². The number of ether oxygens (including phenoxy) is 1. The Hall–Kier alpha value is -1.43. The van der Waals surface area contributed by atoms with Gasteiger partial charge in [0.05, 0.1) is 24.7 Å². The Bertz CT molecular complexity index is 757. The summed E-state index contributed by atoms with van der Waals surface area (Å²) in [5, 5.41) is 13.6. The summed E-state index contributed by atoms with van der Waals surface area (Å²) >= 11 is 0. The molecule has 4 saturated carbocycles. The van der Waals surface area contributed by atoms with Gasteiger partial charge in [-0.2, -0.15) is 0 Å². The molecule has 1 heterocycles. The van der Waals surface area contributed by atoms with Gasteiger partial charge in [-0.05, 0) is 68.3 Å². The van der Waals surface area contributed by atoms with Crippen LogP contribution in [0.4, 0.5) is 0 Å². The van der Waals surface area contributed by atoms with Crippen molar-refractivity contribution >= 4 is 5.91 Å². The number of amides is 1. The number of nitrogens with one attached hydrogen (secondary N) is 1. The highest BCUT2D eigenvalue weighted by Crippen LogP contribution is 2.65. The van der Waals surface area contributed by atoms with E-state index < -0.39 is 6.10 Å². The van der Waals surface area contributed by atoms with Crippen LogP contribution in [-0.2, 0) is 14.9 Å². The largest absolute Gasteiger partial charge is 0.390 e. The van der Waals surface area contributed by atoms with Gasteiger partial charge in [-0.15, -0.1) is 0 Å². The molecule has 1 aromatic carbocycles. The summed E-state index contributed by atoms with van der Waals surface area (Å²) in [5.41, 5.74) is 2.66. The van der Waals surface area contributed by atoms with Crippen LogP contribution in [0.15, 0.2) is 24.3 Å². The summed E-state index contributed by atoms with van der Waals surface area (Å²) in [6.07, 6.45) is 6.28. The molecule has 1 aromatic rings. The normalized spacial score (nSPS) is 36.6. The number of hydrogen-bond acceptors (Lipinski definition) is 4. The maximum Gasteiger partial charge on any atom is 0.226 e. The first-order valence-electron chi connectivity index (χ1n) is 11.8. The predicted molar refractivity (Wildman–Crippen MR) is 116 cm³/mol. The van der Waals surface area contributed by atoms with Gasteiger partial charge >= 0.3 is 0 Å². The minimum Gasteiger partial charge on any atom is -0.390 e. The molecule has 5 fully saturated rings. The van der Waals surface area contributed by atoms with Crippen molar-refractivity contribution in [2.45, 2.75) is 57.0 Å². The Morgan fingerprint density at radius 1 is 1.17 bits per heavy atom. The van der Waals surface area contributed by atoms with E-state index in [0.717, 1.165) is 45.6 Å². The zero-order chi connectivity index (χ0) is 20.8. The van der Waals surface area contributed by atoms with Crippen LogP contribution in [0.1, 0.15) is 49.7 Å². The molecule has 5 heteroatoms. The molecule has 4 aliphatic carbocycles. The molecule has 5 nitrogen and oxygen atoms in total. The fourth-order valence-corrected chi connectivity index (χ4v) is 7.32. The molecule has 5 aliphatic rings. The molecular formula is C25H36N2O3. The van der Waals surface area contributed by atoms with Crippen LogP contribution < -0.4 is 5.32 Å². The van der Waals surface area contributed by atoms with E-state index in [-0.39, 0.29) is 16.7 Å². The third kappa shape index (κ3) is 3.80. The molecule has 0 aromatic heterocycles. The number of carbonyl (C=O) groups is 1. The minimum absolute atomic E-state index is 0.168. The van der Waals surface area contributed by atoms with E-state index >= 15 is 0 Å². The number of aliphatic hydroxyl groups excluding tert-OH is 1. The van der Waals surface area contributed by atoms with Gasteiger partial charge in [-0.3, -0.25) is 9.69 Å². The molecular weight excluding hydrogens is 376 g/mol. The second-order valence-corrected chi connectivity index (χ2v) is 10.7. The van der Waals surface area contributed by atoms with Gasteiger partial charge in [-0.1, -0.05) is 29.8 Å². The van der Waals surface area contributed by atoms with Crippen LogP contribution in [0.2, 0.25) is 0 Å². The summed E-state index contributed by atoms with van der Waals surface area (Å²) < 4.78 is 5.38. The lowest BCUT2D eigenvalue weighted by atomic mass is 9.42. The number of hydrogen-bond donors (Lipinski definition) is 2. The highest BCUT2D eigenvalue weighted by atomic mass is 16.5. The Morgan fingerprint density at radius 3 is 2.50 bits per heavy atom. The summed E-state index contributed by atoms with van der Waals surface area (Å²) in [5.74, 6) is 1.52. The van der Waals surface area contributed by atoms with Gasteiger partial charge < -0.3 is 15.2 Å². The monoisotopic (exact) mass is 412 g/mol. The second-order valence-electron chi connectivity index (χ2n) is 10.7. The topological polar surface area (TPSA) is 61.8 Å². The zero-order valence-corrected chi connectivity index (χ0v) is 18.2. The molecule has 3 atom stereocenters. The van der Waals surface area contributed by atoms with Crippen molar-refractivity contribution in [1.82, 2.24) is 10.2 Å². The van der Waals surface area contributed by atoms with E-state index in [1.807, 2.05) is 0 Å². The van der Waals surface area contributed by atoms with E-state index in [2.05, 4.69) is 41.4 Å². The van der Waals surface area contributed by atoms with Gasteiger partial charge in [0.25, 0.3) is 0 Å². The summed E-state index contributed by atoms with van der Waals surface area (Å²) in [6, 6.07) is 9.06. The highest BCUT2D eigenvalue weighted by molar-refractivity contribution is 5.83. The molecule has 4 bridgehead atoms. The molecule has 3 unspecified atom stereocenters. The first-order chi connectivity index (χ1) is 14.5. The van der Waals surface area contributed by atoms with E-state index in [4.69, 9.17) is 4.74 Å². The van der Waals surface area contributed by atoms with Crippen LogP contribution in [0.5, 0.6) is 0 Å². The number of nitrogens with zero attached hydrogens (tertiary/aromatic N) is 1. The third-order valence-electron chi connectivity index (χ3n) is 8.28. The first-order valence-corrected chi connectivity index (χ1v) is 11.8. The zero-order valence-electron chi connectivity index (χ0n) is 18.2. The van der Waals surface area contributed by atoms with Crippen molar-refractivity contribution in [2.75, 3.05) is 39.4 Å². The lowest BCUT2D eigenvalue weighted by molar-refractivity contribution is -0.149. The molecule has 0 spiro atoms. The summed E-state index contributed by atoms with van der Waals surface area (Å²) in [4.78, 5) is 15.7. The average Bonchev–Trinajstić information content (AvgIpc) is 2.72. The minimum atomic E-state index is -0.521. The number of aliphatic hydroxyl groups is 1. The first kappa shape index (κ1) is 20.5. The van der Waals surface area contributed by atoms with Crippen LogP contribution in [-0.4, -0.2) is 61.4 Å². The SMILES string of the molecule is Cc1ccc(C23CC4CC(CC(C(=O)NCC(O)CN5CCOCC5)(C4)C2)C3)cc1. The Balaban J connectivity index is 1.26. The number of morpholine rings is 1. The Morgan fingerprint density at radius 2 is 1.83 bits per heavy atom. The standard InChI is InChI=1S/C25H36N2O3/c1-18-2-4-21(5-3-18)24-11-19-10-20(12-24)14-25(13-19,17-24)23(29)26-15-22(28)16-27-6-8-30-9-7-27/h2-5,19-20,22,28H,6-17H2,1H3,(H,26,29). The summed E-state index contributed by atoms with van der Waals surface area (Å²) in [6.45, 7) is 6.27. The van der Waals surface area contributed by atoms with Gasteiger partial charge in [0.1, 0.15) is 0 Å². The quantitative estimate of drug-likeness (QED) is 0.754. The van der Waals surface area contributed by atoms with Crippen molar-refractivity contribution in [1.29, 1.82) is 0 Å². The molecule has 30 heavy (non-hydrogen) atoms. The van der Waals surface area contributed by atoms with Gasteiger partial charge in [0.15, 0.2) is 0 Å². The van der Waals surface area contributed by atoms with Crippen LogP contribution in [0, 0.1) is 24.2 Å². The lowest BCUT2D eigenvalue weighted by Gasteiger charge is -2.61. The number of carbonyl (C=O) groups excluding carboxylic acids is 1. The van der Waals surface area contributed by atoms with E-state index in [0.29, 0.717) is 24.9 Å². The number of aryl methyl sites for hydroxylation is 1. The Labute approximate surface area is 180 Å². The van der Waals surface area contributed by atoms with Crippen molar-refractivity contribution in [2.24, 2.45) is 17.3 Å². The number of benzene rings is 1. The fraction of sp³-hybridized carbons (Fsp3) is 0.720. The smallest absolute Gasteiger partial charge is 0.226 e. The molecule has 1 aliphatic heterocycles. The maximum atomic E-state index is 13.5. The summed E-state index contributed by atoms with van der Waals surface area (Å²) in [7, 11) is 0. The lowest BCUT2D eigenvalue weighted by Crippen LogP contribution is -2.59. The van der Waals surface area contributed by atoms with Crippen molar-refractivity contribution in [3.05, 3.63) is 35.4 Å². The van der Waals surface area contributed by atoms with Gasteiger partial charge in [0.2, 0.25) is 5.91 Å². The molecule has 0 radical (unpaired) electrons. The van der Waals surface area contributed by atoms with Crippen LogP contribution in [0.3, 0.4) is 0 Å². The maximum absolute atomic E-state index is 13.5.